The van der Waals surface area contributed by atoms with Gasteiger partial charge in [-0.2, -0.15) is 0 Å². The van der Waals surface area contributed by atoms with Crippen LogP contribution in [0.4, 0.5) is 4.39 Å². The first-order valence-electron chi connectivity index (χ1n) is 6.95. The number of hydrogen-bond donors (Lipinski definition) is 1. The average Bonchev–Trinajstić information content (AvgIpc) is 2.44. The van der Waals surface area contributed by atoms with Crippen LogP contribution < -0.4 is 5.32 Å². The summed E-state index contributed by atoms with van der Waals surface area (Å²) in [6, 6.07) is 10.3. The van der Waals surface area contributed by atoms with Gasteiger partial charge in [-0.05, 0) is 60.8 Å². The maximum Gasteiger partial charge on any atom is 0.123 e. The lowest BCUT2D eigenvalue weighted by Gasteiger charge is -2.22. The molecule has 21 heavy (non-hydrogen) atoms. The second-order valence-electron chi connectivity index (χ2n) is 5.02. The van der Waals surface area contributed by atoms with E-state index < -0.39 is 0 Å². The maximum absolute atomic E-state index is 13.6. The molecule has 0 aliphatic heterocycles. The molecule has 0 aliphatic carbocycles. The third-order valence-corrected chi connectivity index (χ3v) is 4.25. The minimum Gasteiger partial charge on any atom is -0.310 e. The van der Waals surface area contributed by atoms with Gasteiger partial charge in [0.1, 0.15) is 5.82 Å². The fourth-order valence-corrected chi connectivity index (χ4v) is 3.01. The summed E-state index contributed by atoms with van der Waals surface area (Å²) in [4.78, 5) is 0. The van der Waals surface area contributed by atoms with Crippen molar-refractivity contribution in [3.8, 4) is 0 Å². The van der Waals surface area contributed by atoms with Crippen molar-refractivity contribution in [2.24, 2.45) is 0 Å². The highest BCUT2D eigenvalue weighted by Gasteiger charge is 2.17. The van der Waals surface area contributed by atoms with Crippen molar-refractivity contribution in [2.45, 2.75) is 26.3 Å². The number of benzene rings is 2. The molecule has 112 valence electrons. The van der Waals surface area contributed by atoms with E-state index in [0.29, 0.717) is 16.5 Å². The third kappa shape index (κ3) is 3.97. The van der Waals surface area contributed by atoms with E-state index in [0.717, 1.165) is 23.2 Å². The standard InChI is InChI=1S/C17H18Cl2FN/c1-3-21-17(13-9-12(20)8-7-11(13)2)10-14-15(18)5-4-6-16(14)19/h4-9,17,21H,3,10H2,1-2H3. The Hall–Kier alpha value is -1.09. The molecule has 2 aromatic rings. The minimum atomic E-state index is -0.233. The minimum absolute atomic E-state index is 0.0249. The van der Waals surface area contributed by atoms with Gasteiger partial charge in [0.2, 0.25) is 0 Å². The Kier molecular flexibility index (Phi) is 5.63. The molecule has 0 aliphatic rings. The molecule has 1 N–H and O–H groups in total. The number of aryl methyl sites for hydroxylation is 1. The number of halogens is 3. The first-order chi connectivity index (χ1) is 10.0. The molecule has 1 nitrogen and oxygen atoms in total. The molecule has 0 amide bonds. The van der Waals surface area contributed by atoms with Crippen LogP contribution in [0.5, 0.6) is 0 Å². The van der Waals surface area contributed by atoms with Crippen molar-refractivity contribution >= 4 is 23.2 Å². The van der Waals surface area contributed by atoms with Crippen LogP contribution in [0.2, 0.25) is 10.0 Å². The zero-order valence-corrected chi connectivity index (χ0v) is 13.6. The molecule has 0 radical (unpaired) electrons. The predicted molar refractivity (Wildman–Crippen MR) is 87.7 cm³/mol. The number of rotatable bonds is 5. The van der Waals surface area contributed by atoms with Gasteiger partial charge >= 0.3 is 0 Å². The first kappa shape index (κ1) is 16.3. The van der Waals surface area contributed by atoms with E-state index in [-0.39, 0.29) is 11.9 Å². The van der Waals surface area contributed by atoms with Gasteiger partial charge in [0.15, 0.2) is 0 Å². The molecule has 0 bridgehead atoms. The van der Waals surface area contributed by atoms with Crippen LogP contribution in [0.3, 0.4) is 0 Å². The summed E-state index contributed by atoms with van der Waals surface area (Å²) in [6.07, 6.45) is 0.622. The second kappa shape index (κ2) is 7.26. The SMILES string of the molecule is CCNC(Cc1c(Cl)cccc1Cl)c1cc(F)ccc1C. The summed E-state index contributed by atoms with van der Waals surface area (Å²) in [5, 5.41) is 4.66. The summed E-state index contributed by atoms with van der Waals surface area (Å²) in [6.45, 7) is 4.78. The molecule has 1 unspecified atom stereocenters. The van der Waals surface area contributed by atoms with E-state index in [1.807, 2.05) is 32.0 Å². The molecule has 2 aromatic carbocycles. The average molecular weight is 326 g/mol. The highest BCUT2D eigenvalue weighted by molar-refractivity contribution is 6.36. The molecule has 0 saturated heterocycles. The molecular weight excluding hydrogens is 308 g/mol. The van der Waals surface area contributed by atoms with Gasteiger partial charge in [-0.1, -0.05) is 42.3 Å². The highest BCUT2D eigenvalue weighted by atomic mass is 35.5. The smallest absolute Gasteiger partial charge is 0.123 e. The molecular formula is C17H18Cl2FN. The van der Waals surface area contributed by atoms with Gasteiger partial charge in [-0.3, -0.25) is 0 Å². The molecule has 0 heterocycles. The highest BCUT2D eigenvalue weighted by Crippen LogP contribution is 2.30. The van der Waals surface area contributed by atoms with Crippen LogP contribution in [-0.2, 0) is 6.42 Å². The van der Waals surface area contributed by atoms with E-state index in [1.54, 1.807) is 12.1 Å². The van der Waals surface area contributed by atoms with Crippen LogP contribution in [0.1, 0.15) is 29.7 Å². The van der Waals surface area contributed by atoms with Crippen LogP contribution in [0, 0.1) is 12.7 Å². The van der Waals surface area contributed by atoms with Crippen LogP contribution in [0.25, 0.3) is 0 Å². The molecule has 0 aromatic heterocycles. The Balaban J connectivity index is 2.38. The van der Waals surface area contributed by atoms with Crippen LogP contribution in [-0.4, -0.2) is 6.54 Å². The fourth-order valence-electron chi connectivity index (χ4n) is 2.46. The fraction of sp³-hybridized carbons (Fsp3) is 0.294. The van der Waals surface area contributed by atoms with Gasteiger partial charge in [0, 0.05) is 16.1 Å². The molecule has 0 spiro atoms. The lowest BCUT2D eigenvalue weighted by Crippen LogP contribution is -2.24. The Morgan fingerprint density at radius 1 is 1.14 bits per heavy atom. The third-order valence-electron chi connectivity index (χ3n) is 3.54. The summed E-state index contributed by atoms with van der Waals surface area (Å²) in [5.74, 6) is -0.233. The topological polar surface area (TPSA) is 12.0 Å². The second-order valence-corrected chi connectivity index (χ2v) is 5.83. The molecule has 0 fully saturated rings. The van der Waals surface area contributed by atoms with E-state index in [4.69, 9.17) is 23.2 Å². The van der Waals surface area contributed by atoms with Crippen molar-refractivity contribution in [3.05, 3.63) is 69.0 Å². The zero-order chi connectivity index (χ0) is 15.4. The Bertz CT molecular complexity index is 608. The Labute approximate surface area is 135 Å². The van der Waals surface area contributed by atoms with Crippen molar-refractivity contribution in [3.63, 3.8) is 0 Å². The largest absolute Gasteiger partial charge is 0.310 e. The molecule has 0 saturated carbocycles. The zero-order valence-electron chi connectivity index (χ0n) is 12.1. The van der Waals surface area contributed by atoms with Gasteiger partial charge in [-0.15, -0.1) is 0 Å². The quantitative estimate of drug-likeness (QED) is 0.782. The summed E-state index contributed by atoms with van der Waals surface area (Å²) < 4.78 is 13.6. The van der Waals surface area contributed by atoms with Crippen LogP contribution >= 0.6 is 23.2 Å². The summed E-state index contributed by atoms with van der Waals surface area (Å²) in [7, 11) is 0. The van der Waals surface area contributed by atoms with Gasteiger partial charge in [-0.25, -0.2) is 4.39 Å². The van der Waals surface area contributed by atoms with Gasteiger partial charge < -0.3 is 5.32 Å². The summed E-state index contributed by atoms with van der Waals surface area (Å²) >= 11 is 12.5. The van der Waals surface area contributed by atoms with Crippen LogP contribution in [0.15, 0.2) is 36.4 Å². The van der Waals surface area contributed by atoms with E-state index in [2.05, 4.69) is 5.32 Å². The van der Waals surface area contributed by atoms with Gasteiger partial charge in [0.25, 0.3) is 0 Å². The molecule has 4 heteroatoms. The number of nitrogens with one attached hydrogen (secondary N) is 1. The van der Waals surface area contributed by atoms with Crippen molar-refractivity contribution in [1.29, 1.82) is 0 Å². The lowest BCUT2D eigenvalue weighted by molar-refractivity contribution is 0.540. The Morgan fingerprint density at radius 3 is 2.43 bits per heavy atom. The normalized spacial score (nSPS) is 12.4. The number of hydrogen-bond acceptors (Lipinski definition) is 1. The van der Waals surface area contributed by atoms with E-state index in [9.17, 15) is 4.39 Å². The predicted octanol–water partition coefficient (Wildman–Crippen LogP) is 5.33. The van der Waals surface area contributed by atoms with Crippen molar-refractivity contribution in [1.82, 2.24) is 5.32 Å². The molecule has 1 atom stereocenters. The van der Waals surface area contributed by atoms with E-state index in [1.165, 1.54) is 6.07 Å². The van der Waals surface area contributed by atoms with Crippen molar-refractivity contribution < 1.29 is 4.39 Å². The van der Waals surface area contributed by atoms with Crippen molar-refractivity contribution in [2.75, 3.05) is 6.54 Å². The first-order valence-corrected chi connectivity index (χ1v) is 7.70. The Morgan fingerprint density at radius 2 is 1.81 bits per heavy atom. The van der Waals surface area contributed by atoms with Gasteiger partial charge in [0.05, 0.1) is 0 Å². The maximum atomic E-state index is 13.6. The lowest BCUT2D eigenvalue weighted by atomic mass is 9.95. The molecule has 2 rings (SSSR count). The van der Waals surface area contributed by atoms with E-state index >= 15 is 0 Å². The summed E-state index contributed by atoms with van der Waals surface area (Å²) in [5.41, 5.74) is 2.87. The number of likely N-dealkylation sites (N-methyl/N-ethyl adjacent to an activating group) is 1. The monoisotopic (exact) mass is 325 g/mol.